The zero-order valence-corrected chi connectivity index (χ0v) is 11.8. The van der Waals surface area contributed by atoms with Gasteiger partial charge in [0.05, 0.1) is 23.3 Å². The molecule has 0 saturated carbocycles. The van der Waals surface area contributed by atoms with E-state index in [-0.39, 0.29) is 11.7 Å². The summed E-state index contributed by atoms with van der Waals surface area (Å²) in [6.07, 6.45) is -2.59. The number of benzene rings is 1. The van der Waals surface area contributed by atoms with Crippen LogP contribution in [-0.2, 0) is 10.9 Å². The fourth-order valence-electron chi connectivity index (χ4n) is 2.58. The topological polar surface area (TPSA) is 36.3 Å². The first-order valence-electron chi connectivity index (χ1n) is 6.93. The van der Waals surface area contributed by atoms with E-state index in [1.807, 2.05) is 11.8 Å². The standard InChI is InChI=1S/C15H17F3N2O/c1-2-21-13-5-7-20(8-6-13)12-3-4-14(15(16,17)18)11(9-12)10-19/h3-4,9,13H,2,5-8H2,1H3. The zero-order valence-electron chi connectivity index (χ0n) is 11.8. The molecule has 1 fully saturated rings. The van der Waals surface area contributed by atoms with Crippen LogP contribution >= 0.6 is 0 Å². The summed E-state index contributed by atoms with van der Waals surface area (Å²) < 4.78 is 43.8. The summed E-state index contributed by atoms with van der Waals surface area (Å²) in [6.45, 7) is 4.06. The molecule has 2 rings (SSSR count). The summed E-state index contributed by atoms with van der Waals surface area (Å²) in [4.78, 5) is 2.00. The highest BCUT2D eigenvalue weighted by molar-refractivity contribution is 5.55. The minimum absolute atomic E-state index is 0.219. The molecule has 1 saturated heterocycles. The maximum atomic E-state index is 12.8. The molecule has 1 aromatic rings. The van der Waals surface area contributed by atoms with Gasteiger partial charge in [-0.2, -0.15) is 18.4 Å². The highest BCUT2D eigenvalue weighted by atomic mass is 19.4. The van der Waals surface area contributed by atoms with E-state index in [9.17, 15) is 13.2 Å². The van der Waals surface area contributed by atoms with Crippen LogP contribution in [0.5, 0.6) is 0 Å². The van der Waals surface area contributed by atoms with Gasteiger partial charge in [-0.3, -0.25) is 0 Å². The molecule has 0 spiro atoms. The second kappa shape index (κ2) is 6.35. The van der Waals surface area contributed by atoms with Crippen LogP contribution in [0.1, 0.15) is 30.9 Å². The molecule has 3 nitrogen and oxygen atoms in total. The first-order valence-corrected chi connectivity index (χ1v) is 6.93. The van der Waals surface area contributed by atoms with E-state index in [2.05, 4.69) is 0 Å². The lowest BCUT2D eigenvalue weighted by Crippen LogP contribution is -2.37. The average Bonchev–Trinajstić information content (AvgIpc) is 2.47. The minimum Gasteiger partial charge on any atom is -0.378 e. The van der Waals surface area contributed by atoms with Crippen molar-refractivity contribution >= 4 is 5.69 Å². The highest BCUT2D eigenvalue weighted by Crippen LogP contribution is 2.34. The molecule has 0 N–H and O–H groups in total. The number of rotatable bonds is 3. The Morgan fingerprint density at radius 3 is 2.52 bits per heavy atom. The Morgan fingerprint density at radius 1 is 1.33 bits per heavy atom. The van der Waals surface area contributed by atoms with Crippen LogP contribution in [0.2, 0.25) is 0 Å². The molecule has 1 heterocycles. The smallest absolute Gasteiger partial charge is 0.378 e. The molecule has 0 atom stereocenters. The molecule has 1 aliphatic heterocycles. The lowest BCUT2D eigenvalue weighted by molar-refractivity contribution is -0.137. The predicted octanol–water partition coefficient (Wildman–Crippen LogP) is 3.58. The number of hydrogen-bond acceptors (Lipinski definition) is 3. The first kappa shape index (κ1) is 15.6. The van der Waals surface area contributed by atoms with Gasteiger partial charge in [-0.15, -0.1) is 0 Å². The van der Waals surface area contributed by atoms with E-state index < -0.39 is 11.7 Å². The molecule has 0 radical (unpaired) electrons. The van der Waals surface area contributed by atoms with Gasteiger partial charge in [0.15, 0.2) is 0 Å². The molecule has 0 amide bonds. The van der Waals surface area contributed by atoms with E-state index in [4.69, 9.17) is 10.00 Å². The Bertz CT molecular complexity index is 529. The summed E-state index contributed by atoms with van der Waals surface area (Å²) in [5.74, 6) is 0. The third-order valence-electron chi connectivity index (χ3n) is 3.64. The van der Waals surface area contributed by atoms with Crippen LogP contribution < -0.4 is 4.90 Å². The number of hydrogen-bond donors (Lipinski definition) is 0. The largest absolute Gasteiger partial charge is 0.417 e. The van der Waals surface area contributed by atoms with Crippen molar-refractivity contribution in [2.24, 2.45) is 0 Å². The summed E-state index contributed by atoms with van der Waals surface area (Å²) in [5.41, 5.74) is -0.542. The number of nitriles is 1. The van der Waals surface area contributed by atoms with Crippen LogP contribution in [0.15, 0.2) is 18.2 Å². The van der Waals surface area contributed by atoms with Crippen LogP contribution in [0.4, 0.5) is 18.9 Å². The number of alkyl halides is 3. The SMILES string of the molecule is CCOC1CCN(c2ccc(C(F)(F)F)c(C#N)c2)CC1. The highest BCUT2D eigenvalue weighted by Gasteiger charge is 2.34. The van der Waals surface area contributed by atoms with Crippen LogP contribution in [0.3, 0.4) is 0 Å². The average molecular weight is 298 g/mol. The molecule has 6 heteroatoms. The van der Waals surface area contributed by atoms with Gasteiger partial charge < -0.3 is 9.64 Å². The molecule has 114 valence electrons. The third kappa shape index (κ3) is 3.67. The Balaban J connectivity index is 2.14. The van der Waals surface area contributed by atoms with E-state index in [0.29, 0.717) is 12.3 Å². The van der Waals surface area contributed by atoms with Gasteiger partial charge in [0.25, 0.3) is 0 Å². The van der Waals surface area contributed by atoms with Crippen molar-refractivity contribution in [3.8, 4) is 6.07 Å². The number of ether oxygens (including phenoxy) is 1. The van der Waals surface area contributed by atoms with Gasteiger partial charge in [0, 0.05) is 25.4 Å². The zero-order chi connectivity index (χ0) is 15.5. The lowest BCUT2D eigenvalue weighted by atomic mass is 10.0. The van der Waals surface area contributed by atoms with Gasteiger partial charge >= 0.3 is 6.18 Å². The molecule has 0 aliphatic carbocycles. The Morgan fingerprint density at radius 2 is 2.00 bits per heavy atom. The second-order valence-electron chi connectivity index (χ2n) is 4.98. The van der Waals surface area contributed by atoms with Gasteiger partial charge in [0.2, 0.25) is 0 Å². The molecule has 0 bridgehead atoms. The van der Waals surface area contributed by atoms with Gasteiger partial charge in [-0.25, -0.2) is 0 Å². The van der Waals surface area contributed by atoms with Crippen molar-refractivity contribution in [3.63, 3.8) is 0 Å². The monoisotopic (exact) mass is 298 g/mol. The third-order valence-corrected chi connectivity index (χ3v) is 3.64. The maximum Gasteiger partial charge on any atom is 0.417 e. The van der Waals surface area contributed by atoms with Crippen molar-refractivity contribution in [2.75, 3.05) is 24.6 Å². The normalized spacial score (nSPS) is 16.8. The van der Waals surface area contributed by atoms with Gasteiger partial charge in [-0.1, -0.05) is 0 Å². The molecule has 1 aliphatic rings. The van der Waals surface area contributed by atoms with E-state index in [1.54, 1.807) is 6.07 Å². The van der Waals surface area contributed by atoms with Crippen molar-refractivity contribution < 1.29 is 17.9 Å². The van der Waals surface area contributed by atoms with Crippen molar-refractivity contribution in [3.05, 3.63) is 29.3 Å². The quantitative estimate of drug-likeness (QED) is 0.855. The summed E-state index contributed by atoms with van der Waals surface area (Å²) in [7, 11) is 0. The predicted molar refractivity (Wildman–Crippen MR) is 73.0 cm³/mol. The second-order valence-corrected chi connectivity index (χ2v) is 4.98. The van der Waals surface area contributed by atoms with Crippen LogP contribution in [0, 0.1) is 11.3 Å². The fourth-order valence-corrected chi connectivity index (χ4v) is 2.58. The maximum absolute atomic E-state index is 12.8. The molecule has 21 heavy (non-hydrogen) atoms. The number of halogens is 3. The fraction of sp³-hybridized carbons (Fsp3) is 0.533. The van der Waals surface area contributed by atoms with E-state index in [0.717, 1.165) is 32.0 Å². The summed E-state index contributed by atoms with van der Waals surface area (Å²) in [6, 6.07) is 5.39. The number of piperidine rings is 1. The molecule has 0 aromatic heterocycles. The minimum atomic E-state index is -4.49. The lowest BCUT2D eigenvalue weighted by Gasteiger charge is -2.33. The molecule has 1 aromatic carbocycles. The molecule has 0 unspecified atom stereocenters. The Labute approximate surface area is 121 Å². The molecular formula is C15H17F3N2O. The molecular weight excluding hydrogens is 281 g/mol. The summed E-state index contributed by atoms with van der Waals surface area (Å²) in [5, 5.41) is 8.93. The first-order chi connectivity index (χ1) is 9.95. The Kier molecular flexibility index (Phi) is 4.73. The summed E-state index contributed by atoms with van der Waals surface area (Å²) >= 11 is 0. The van der Waals surface area contributed by atoms with E-state index in [1.165, 1.54) is 12.1 Å². The van der Waals surface area contributed by atoms with Gasteiger partial charge in [-0.05, 0) is 38.0 Å². The van der Waals surface area contributed by atoms with Crippen LogP contribution in [0.25, 0.3) is 0 Å². The Hall–Kier alpha value is -1.74. The van der Waals surface area contributed by atoms with E-state index >= 15 is 0 Å². The van der Waals surface area contributed by atoms with Crippen molar-refractivity contribution in [1.82, 2.24) is 0 Å². The number of anilines is 1. The van der Waals surface area contributed by atoms with Gasteiger partial charge in [0.1, 0.15) is 0 Å². The van der Waals surface area contributed by atoms with Crippen molar-refractivity contribution in [1.29, 1.82) is 5.26 Å². The van der Waals surface area contributed by atoms with Crippen LogP contribution in [-0.4, -0.2) is 25.8 Å². The van der Waals surface area contributed by atoms with Crippen molar-refractivity contribution in [2.45, 2.75) is 32.0 Å². The number of nitrogens with zero attached hydrogens (tertiary/aromatic N) is 2.